The van der Waals surface area contributed by atoms with Gasteiger partial charge in [-0.2, -0.15) is 0 Å². The highest BCUT2D eigenvalue weighted by atomic mass is 16.1. The van der Waals surface area contributed by atoms with Crippen LogP contribution in [0.5, 0.6) is 0 Å². The van der Waals surface area contributed by atoms with Crippen molar-refractivity contribution in [1.82, 2.24) is 5.32 Å². The molecule has 0 aliphatic heterocycles. The molecule has 0 aromatic heterocycles. The molecule has 0 heterocycles. The highest BCUT2D eigenvalue weighted by molar-refractivity contribution is 5.85. The lowest BCUT2D eigenvalue weighted by atomic mass is 9.76. The fourth-order valence-corrected chi connectivity index (χ4v) is 1.54. The Kier molecular flexibility index (Phi) is 2.18. The first kappa shape index (κ1) is 8.53. The average Bonchev–Trinajstić information content (AvgIpc) is 1.77. The molecule has 0 spiro atoms. The van der Waals surface area contributed by atoms with E-state index in [1.807, 2.05) is 13.8 Å². The van der Waals surface area contributed by atoms with Crippen LogP contribution in [0.15, 0.2) is 0 Å². The molecule has 3 heteroatoms. The van der Waals surface area contributed by atoms with Crippen molar-refractivity contribution in [2.45, 2.75) is 44.7 Å². The van der Waals surface area contributed by atoms with Gasteiger partial charge in [0.1, 0.15) is 0 Å². The van der Waals surface area contributed by atoms with Gasteiger partial charge in [-0.1, -0.05) is 0 Å². The maximum absolute atomic E-state index is 11.0. The standard InChI is InChI=1S/C8H16N2O/c1-6(2)10-8(7(9)11)4-3-5-8/h6,10H,3-5H2,1-2H3,(H2,9,11). The lowest BCUT2D eigenvalue weighted by molar-refractivity contribution is -0.128. The molecule has 0 radical (unpaired) electrons. The highest BCUT2D eigenvalue weighted by Gasteiger charge is 2.42. The van der Waals surface area contributed by atoms with Gasteiger partial charge in [-0.25, -0.2) is 0 Å². The van der Waals surface area contributed by atoms with Gasteiger partial charge < -0.3 is 11.1 Å². The van der Waals surface area contributed by atoms with Gasteiger partial charge in [0.05, 0.1) is 5.54 Å². The molecule has 64 valence electrons. The van der Waals surface area contributed by atoms with Crippen molar-refractivity contribution in [2.75, 3.05) is 0 Å². The van der Waals surface area contributed by atoms with E-state index in [1.165, 1.54) is 0 Å². The normalized spacial score (nSPS) is 21.4. The van der Waals surface area contributed by atoms with Crippen molar-refractivity contribution < 1.29 is 4.79 Å². The Morgan fingerprint density at radius 1 is 1.55 bits per heavy atom. The minimum absolute atomic E-state index is 0.197. The maximum Gasteiger partial charge on any atom is 0.237 e. The van der Waals surface area contributed by atoms with Crippen LogP contribution in [0.4, 0.5) is 0 Å². The summed E-state index contributed by atoms with van der Waals surface area (Å²) < 4.78 is 0. The summed E-state index contributed by atoms with van der Waals surface area (Å²) in [5.74, 6) is -0.197. The summed E-state index contributed by atoms with van der Waals surface area (Å²) in [6.07, 6.45) is 2.92. The topological polar surface area (TPSA) is 55.1 Å². The fourth-order valence-electron chi connectivity index (χ4n) is 1.54. The molecule has 1 rings (SSSR count). The SMILES string of the molecule is CC(C)NC1(C(N)=O)CCC1. The van der Waals surface area contributed by atoms with Crippen molar-refractivity contribution >= 4 is 5.91 Å². The van der Waals surface area contributed by atoms with Crippen LogP contribution in [0.25, 0.3) is 0 Å². The van der Waals surface area contributed by atoms with Gasteiger partial charge in [-0.05, 0) is 33.1 Å². The van der Waals surface area contributed by atoms with Crippen molar-refractivity contribution in [2.24, 2.45) is 5.73 Å². The van der Waals surface area contributed by atoms with Gasteiger partial charge in [0.25, 0.3) is 0 Å². The van der Waals surface area contributed by atoms with Gasteiger partial charge in [0.2, 0.25) is 5.91 Å². The molecule has 11 heavy (non-hydrogen) atoms. The lowest BCUT2D eigenvalue weighted by Crippen LogP contribution is -2.61. The number of rotatable bonds is 3. The molecule has 0 saturated heterocycles. The summed E-state index contributed by atoms with van der Waals surface area (Å²) in [4.78, 5) is 11.0. The van der Waals surface area contributed by atoms with Crippen LogP contribution in [0.1, 0.15) is 33.1 Å². The Morgan fingerprint density at radius 2 is 2.09 bits per heavy atom. The third-order valence-corrected chi connectivity index (χ3v) is 2.24. The predicted octanol–water partition coefficient (Wildman–Crippen LogP) is 0.392. The van der Waals surface area contributed by atoms with Crippen molar-refractivity contribution in [3.63, 3.8) is 0 Å². The van der Waals surface area contributed by atoms with Crippen LogP contribution in [0, 0.1) is 0 Å². The molecule has 1 fully saturated rings. The molecule has 3 N–H and O–H groups in total. The summed E-state index contributed by atoms with van der Waals surface area (Å²) in [6.45, 7) is 4.06. The minimum atomic E-state index is -0.367. The Balaban J connectivity index is 2.54. The number of amides is 1. The Labute approximate surface area is 67.3 Å². The molecule has 0 aromatic rings. The van der Waals surface area contributed by atoms with Crippen LogP contribution < -0.4 is 11.1 Å². The Bertz CT molecular complexity index is 161. The smallest absolute Gasteiger partial charge is 0.237 e. The zero-order valence-corrected chi connectivity index (χ0v) is 7.18. The van der Waals surface area contributed by atoms with Crippen LogP contribution in [-0.4, -0.2) is 17.5 Å². The molecule has 0 bridgehead atoms. The van der Waals surface area contributed by atoms with E-state index in [4.69, 9.17) is 5.73 Å². The molecule has 3 nitrogen and oxygen atoms in total. The van der Waals surface area contributed by atoms with Crippen molar-refractivity contribution in [3.05, 3.63) is 0 Å². The molecule has 0 atom stereocenters. The summed E-state index contributed by atoms with van der Waals surface area (Å²) in [5.41, 5.74) is 4.91. The zero-order chi connectivity index (χ0) is 8.48. The van der Waals surface area contributed by atoms with Gasteiger partial charge in [-0.15, -0.1) is 0 Å². The third-order valence-electron chi connectivity index (χ3n) is 2.24. The summed E-state index contributed by atoms with van der Waals surface area (Å²) >= 11 is 0. The number of carbonyl (C=O) groups is 1. The molecule has 0 unspecified atom stereocenters. The van der Waals surface area contributed by atoms with Gasteiger partial charge in [-0.3, -0.25) is 4.79 Å². The van der Waals surface area contributed by atoms with Gasteiger partial charge in [0.15, 0.2) is 0 Å². The highest BCUT2D eigenvalue weighted by Crippen LogP contribution is 2.31. The Hall–Kier alpha value is -0.570. The lowest BCUT2D eigenvalue weighted by Gasteiger charge is -2.41. The van der Waals surface area contributed by atoms with Crippen LogP contribution in [0.2, 0.25) is 0 Å². The number of hydrogen-bond donors (Lipinski definition) is 2. The van der Waals surface area contributed by atoms with E-state index in [-0.39, 0.29) is 11.4 Å². The fraction of sp³-hybridized carbons (Fsp3) is 0.875. The first-order valence-electron chi connectivity index (χ1n) is 4.14. The quantitative estimate of drug-likeness (QED) is 0.621. The van der Waals surface area contributed by atoms with E-state index in [9.17, 15) is 4.79 Å². The van der Waals surface area contributed by atoms with Gasteiger partial charge >= 0.3 is 0 Å². The predicted molar refractivity (Wildman–Crippen MR) is 44.0 cm³/mol. The van der Waals surface area contributed by atoms with E-state index in [0.29, 0.717) is 6.04 Å². The van der Waals surface area contributed by atoms with Crippen LogP contribution in [0.3, 0.4) is 0 Å². The number of carbonyl (C=O) groups excluding carboxylic acids is 1. The van der Waals surface area contributed by atoms with Crippen LogP contribution >= 0.6 is 0 Å². The van der Waals surface area contributed by atoms with E-state index in [1.54, 1.807) is 0 Å². The second-order valence-electron chi connectivity index (χ2n) is 3.60. The van der Waals surface area contributed by atoms with E-state index in [2.05, 4.69) is 5.32 Å². The van der Waals surface area contributed by atoms with Gasteiger partial charge in [0, 0.05) is 6.04 Å². The number of primary amides is 1. The largest absolute Gasteiger partial charge is 0.368 e. The van der Waals surface area contributed by atoms with E-state index >= 15 is 0 Å². The van der Waals surface area contributed by atoms with Crippen LogP contribution in [-0.2, 0) is 4.79 Å². The molecule has 1 amide bonds. The van der Waals surface area contributed by atoms with Crippen molar-refractivity contribution in [3.8, 4) is 0 Å². The van der Waals surface area contributed by atoms with Crippen molar-refractivity contribution in [1.29, 1.82) is 0 Å². The molecular weight excluding hydrogens is 140 g/mol. The monoisotopic (exact) mass is 156 g/mol. The second kappa shape index (κ2) is 2.81. The second-order valence-corrected chi connectivity index (χ2v) is 3.60. The summed E-state index contributed by atoms with van der Waals surface area (Å²) in [6, 6.07) is 0.336. The average molecular weight is 156 g/mol. The Morgan fingerprint density at radius 3 is 2.18 bits per heavy atom. The number of nitrogens with two attached hydrogens (primary N) is 1. The summed E-state index contributed by atoms with van der Waals surface area (Å²) in [5, 5.41) is 3.22. The first-order valence-corrected chi connectivity index (χ1v) is 4.14. The molecule has 1 aliphatic carbocycles. The third kappa shape index (κ3) is 1.53. The maximum atomic E-state index is 11.0. The molecular formula is C8H16N2O. The molecule has 1 saturated carbocycles. The molecule has 0 aromatic carbocycles. The van der Waals surface area contributed by atoms with E-state index < -0.39 is 0 Å². The summed E-state index contributed by atoms with van der Waals surface area (Å²) in [7, 11) is 0. The number of nitrogens with one attached hydrogen (secondary N) is 1. The molecule has 1 aliphatic rings. The number of hydrogen-bond acceptors (Lipinski definition) is 2. The zero-order valence-electron chi connectivity index (χ0n) is 7.18. The van der Waals surface area contributed by atoms with E-state index in [0.717, 1.165) is 19.3 Å². The minimum Gasteiger partial charge on any atom is -0.368 e. The first-order chi connectivity index (χ1) is 5.07.